The zero-order valence-corrected chi connectivity index (χ0v) is 17.0. The summed E-state index contributed by atoms with van der Waals surface area (Å²) in [5.74, 6) is 1.60. The Balaban J connectivity index is 1.79. The predicted octanol–water partition coefficient (Wildman–Crippen LogP) is 3.62. The van der Waals surface area contributed by atoms with Crippen molar-refractivity contribution in [2.75, 3.05) is 14.2 Å². The van der Waals surface area contributed by atoms with Crippen molar-refractivity contribution in [3.8, 4) is 17.2 Å². The van der Waals surface area contributed by atoms with Crippen molar-refractivity contribution in [2.24, 2.45) is 5.10 Å². The van der Waals surface area contributed by atoms with Gasteiger partial charge in [0.25, 0.3) is 0 Å². The summed E-state index contributed by atoms with van der Waals surface area (Å²) in [4.78, 5) is 12.4. The van der Waals surface area contributed by atoms with Gasteiger partial charge in [0.1, 0.15) is 5.75 Å². The van der Waals surface area contributed by atoms with Crippen LogP contribution in [0.15, 0.2) is 47.6 Å². The largest absolute Gasteiger partial charge is 0.497 e. The maximum absolute atomic E-state index is 12.4. The molecule has 29 heavy (non-hydrogen) atoms. The third-order valence-electron chi connectivity index (χ3n) is 4.07. The number of aromatic amines is 1. The maximum Gasteiger partial charge on any atom is 0.343 e. The molecule has 0 fully saturated rings. The number of esters is 1. The molecule has 1 aromatic heterocycles. The second-order valence-electron chi connectivity index (χ2n) is 5.88. The summed E-state index contributed by atoms with van der Waals surface area (Å²) in [6, 6.07) is 11.8. The number of nitrogens with one attached hydrogen (secondary N) is 1. The molecule has 0 saturated carbocycles. The number of rotatable bonds is 7. The van der Waals surface area contributed by atoms with E-state index in [-0.39, 0.29) is 0 Å². The average Bonchev–Trinajstić information content (AvgIpc) is 3.12. The van der Waals surface area contributed by atoms with Crippen LogP contribution < -0.4 is 14.2 Å². The van der Waals surface area contributed by atoms with E-state index < -0.39 is 5.97 Å². The first-order chi connectivity index (χ1) is 14.0. The van der Waals surface area contributed by atoms with Crippen LogP contribution in [0.2, 0.25) is 0 Å². The highest BCUT2D eigenvalue weighted by Crippen LogP contribution is 2.28. The van der Waals surface area contributed by atoms with Gasteiger partial charge in [-0.05, 0) is 60.2 Å². The zero-order valence-electron chi connectivity index (χ0n) is 16.2. The fraction of sp³-hybridized carbons (Fsp3) is 0.200. The average molecular weight is 412 g/mol. The Morgan fingerprint density at radius 3 is 2.59 bits per heavy atom. The van der Waals surface area contributed by atoms with E-state index >= 15 is 0 Å². The number of carbonyl (C=O) groups excluding carboxylic acids is 1. The molecule has 3 aromatic rings. The van der Waals surface area contributed by atoms with Gasteiger partial charge in [-0.15, -0.1) is 0 Å². The highest BCUT2D eigenvalue weighted by atomic mass is 32.1. The van der Waals surface area contributed by atoms with E-state index in [4.69, 9.17) is 26.4 Å². The van der Waals surface area contributed by atoms with E-state index in [2.05, 4.69) is 15.3 Å². The van der Waals surface area contributed by atoms with Gasteiger partial charge < -0.3 is 14.2 Å². The third kappa shape index (κ3) is 4.69. The second kappa shape index (κ2) is 9.16. The first-order valence-electron chi connectivity index (χ1n) is 8.80. The monoisotopic (exact) mass is 412 g/mol. The number of benzene rings is 2. The van der Waals surface area contributed by atoms with E-state index in [1.807, 2.05) is 6.92 Å². The lowest BCUT2D eigenvalue weighted by Crippen LogP contribution is -2.09. The van der Waals surface area contributed by atoms with Crippen LogP contribution in [0.25, 0.3) is 0 Å². The van der Waals surface area contributed by atoms with Gasteiger partial charge in [0, 0.05) is 6.42 Å². The second-order valence-corrected chi connectivity index (χ2v) is 6.27. The first kappa shape index (κ1) is 20.3. The number of hydrogen-bond acceptors (Lipinski definition) is 7. The Morgan fingerprint density at radius 2 is 1.93 bits per heavy atom. The topological polar surface area (TPSA) is 90.7 Å². The molecule has 0 amide bonds. The van der Waals surface area contributed by atoms with Crippen molar-refractivity contribution in [3.63, 3.8) is 0 Å². The molecule has 0 aliphatic rings. The van der Waals surface area contributed by atoms with Crippen molar-refractivity contribution in [1.29, 1.82) is 0 Å². The Morgan fingerprint density at radius 1 is 1.17 bits per heavy atom. The molecule has 0 spiro atoms. The highest BCUT2D eigenvalue weighted by molar-refractivity contribution is 7.71. The van der Waals surface area contributed by atoms with Crippen molar-refractivity contribution in [2.45, 2.75) is 13.3 Å². The van der Waals surface area contributed by atoms with Gasteiger partial charge in [0.15, 0.2) is 17.3 Å². The van der Waals surface area contributed by atoms with Crippen LogP contribution in [0.1, 0.15) is 28.7 Å². The maximum atomic E-state index is 12.4. The number of carbonyl (C=O) groups is 1. The first-order valence-corrected chi connectivity index (χ1v) is 9.21. The lowest BCUT2D eigenvalue weighted by molar-refractivity contribution is 0.0729. The van der Waals surface area contributed by atoms with Crippen LogP contribution in [0.5, 0.6) is 17.2 Å². The Bertz CT molecular complexity index is 1090. The molecule has 9 heteroatoms. The number of methoxy groups -OCH3 is 2. The van der Waals surface area contributed by atoms with Crippen LogP contribution in [0, 0.1) is 4.77 Å². The fourth-order valence-corrected chi connectivity index (χ4v) is 2.73. The lowest BCUT2D eigenvalue weighted by atomic mass is 10.2. The number of aromatic nitrogens is 3. The molecule has 2 aromatic carbocycles. The Labute approximate surface area is 172 Å². The minimum atomic E-state index is -0.496. The van der Waals surface area contributed by atoms with Gasteiger partial charge in [-0.25, -0.2) is 4.79 Å². The van der Waals surface area contributed by atoms with Gasteiger partial charge in [-0.2, -0.15) is 14.9 Å². The zero-order chi connectivity index (χ0) is 20.8. The van der Waals surface area contributed by atoms with Crippen LogP contribution in [-0.4, -0.2) is 41.3 Å². The van der Waals surface area contributed by atoms with Crippen molar-refractivity contribution in [1.82, 2.24) is 14.9 Å². The van der Waals surface area contributed by atoms with Gasteiger partial charge in [-0.1, -0.05) is 6.92 Å². The predicted molar refractivity (Wildman–Crippen MR) is 111 cm³/mol. The molecule has 1 N–H and O–H groups in total. The van der Waals surface area contributed by atoms with E-state index in [9.17, 15) is 4.79 Å². The highest BCUT2D eigenvalue weighted by Gasteiger charge is 2.13. The molecule has 150 valence electrons. The van der Waals surface area contributed by atoms with E-state index in [1.165, 1.54) is 7.11 Å². The summed E-state index contributed by atoms with van der Waals surface area (Å²) < 4.78 is 17.9. The number of hydrogen-bond donors (Lipinski definition) is 1. The van der Waals surface area contributed by atoms with Gasteiger partial charge >= 0.3 is 5.97 Å². The molecule has 1 heterocycles. The number of aryl methyl sites for hydroxylation is 1. The van der Waals surface area contributed by atoms with E-state index in [1.54, 1.807) is 60.5 Å². The molecule has 3 rings (SSSR count). The lowest BCUT2D eigenvalue weighted by Gasteiger charge is -2.10. The Kier molecular flexibility index (Phi) is 6.40. The van der Waals surface area contributed by atoms with Gasteiger partial charge in [0.05, 0.1) is 26.0 Å². The van der Waals surface area contributed by atoms with Gasteiger partial charge in [-0.3, -0.25) is 5.10 Å². The number of H-pyrrole nitrogens is 1. The molecule has 0 saturated heterocycles. The summed E-state index contributed by atoms with van der Waals surface area (Å²) >= 11 is 5.17. The molecule has 0 aliphatic carbocycles. The smallest absolute Gasteiger partial charge is 0.343 e. The molecule has 0 radical (unpaired) electrons. The molecule has 0 atom stereocenters. The number of ether oxygens (including phenoxy) is 3. The van der Waals surface area contributed by atoms with E-state index in [0.717, 1.165) is 11.4 Å². The van der Waals surface area contributed by atoms with Crippen LogP contribution in [-0.2, 0) is 6.42 Å². The fourth-order valence-electron chi connectivity index (χ4n) is 2.53. The van der Waals surface area contributed by atoms with Crippen molar-refractivity contribution >= 4 is 24.4 Å². The van der Waals surface area contributed by atoms with Crippen LogP contribution >= 0.6 is 12.2 Å². The molecule has 0 aliphatic heterocycles. The van der Waals surface area contributed by atoms with Crippen molar-refractivity contribution in [3.05, 3.63) is 64.2 Å². The number of nitrogens with zero attached hydrogens (tertiary/aromatic N) is 3. The molecule has 0 unspecified atom stereocenters. The Hall–Kier alpha value is -3.46. The standard InChI is InChI=1S/C20H20N4O4S/c1-4-18-22-23-20(29)24(18)21-12-13-5-10-16(17(11-13)27-3)28-19(25)14-6-8-15(26-2)9-7-14/h5-12H,4H2,1-3H3,(H,23,29). The molecular weight excluding hydrogens is 392 g/mol. The summed E-state index contributed by atoms with van der Waals surface area (Å²) in [5.41, 5.74) is 1.15. The van der Waals surface area contributed by atoms with Crippen LogP contribution in [0.4, 0.5) is 0 Å². The SMILES string of the molecule is CCc1n[nH]c(=S)n1N=Cc1ccc(OC(=O)c2ccc(OC)cc2)c(OC)c1. The third-order valence-corrected chi connectivity index (χ3v) is 4.34. The molecule has 0 bridgehead atoms. The quantitative estimate of drug-likeness (QED) is 0.276. The normalized spacial score (nSPS) is 10.9. The summed E-state index contributed by atoms with van der Waals surface area (Å²) in [5, 5.41) is 11.2. The minimum Gasteiger partial charge on any atom is -0.497 e. The van der Waals surface area contributed by atoms with Crippen molar-refractivity contribution < 1.29 is 19.0 Å². The summed E-state index contributed by atoms with van der Waals surface area (Å²) in [6.07, 6.45) is 2.32. The minimum absolute atomic E-state index is 0.305. The summed E-state index contributed by atoms with van der Waals surface area (Å²) in [7, 11) is 3.06. The van der Waals surface area contributed by atoms with E-state index in [0.29, 0.717) is 34.0 Å². The molecule has 8 nitrogen and oxygen atoms in total. The molecular formula is C20H20N4O4S. The van der Waals surface area contributed by atoms with Crippen LogP contribution in [0.3, 0.4) is 0 Å². The van der Waals surface area contributed by atoms with Gasteiger partial charge in [0.2, 0.25) is 4.77 Å². The summed E-state index contributed by atoms with van der Waals surface area (Å²) in [6.45, 7) is 1.96.